The molecule has 0 atom stereocenters. The van der Waals surface area contributed by atoms with Gasteiger partial charge >= 0.3 is 0 Å². The van der Waals surface area contributed by atoms with Crippen LogP contribution in [0.4, 0.5) is 11.4 Å². The van der Waals surface area contributed by atoms with E-state index in [2.05, 4.69) is 10.3 Å². The maximum Gasteiger partial charge on any atom is 0.292 e. The molecule has 0 amide bonds. The van der Waals surface area contributed by atoms with Crippen molar-refractivity contribution in [3.05, 3.63) is 57.8 Å². The Morgan fingerprint density at radius 3 is 3.05 bits per heavy atom. The number of benzene rings is 1. The first-order valence-electron chi connectivity index (χ1n) is 5.62. The number of imidazole rings is 1. The Hall–Kier alpha value is -2.41. The smallest absolute Gasteiger partial charge is 0.292 e. The van der Waals surface area contributed by atoms with Gasteiger partial charge in [0.2, 0.25) is 0 Å². The molecule has 1 aromatic carbocycles. The number of nitro groups is 1. The molecule has 2 aromatic heterocycles. The summed E-state index contributed by atoms with van der Waals surface area (Å²) in [5.41, 5.74) is 1.43. The molecule has 0 radical (unpaired) electrons. The van der Waals surface area contributed by atoms with Gasteiger partial charge in [-0.15, -0.1) is 11.3 Å². The third-order valence-corrected chi connectivity index (χ3v) is 3.47. The number of hydrogen-bond acceptors (Lipinski definition) is 5. The Balaban J connectivity index is 1.79. The van der Waals surface area contributed by atoms with Crippen LogP contribution in [0.15, 0.2) is 42.0 Å². The summed E-state index contributed by atoms with van der Waals surface area (Å²) in [6, 6.07) is 6.58. The molecule has 0 spiro atoms. The number of nitrogens with one attached hydrogen (secondary N) is 1. The number of nitro benzene ring substituents is 1. The summed E-state index contributed by atoms with van der Waals surface area (Å²) < 4.78 is 1.93. The summed E-state index contributed by atoms with van der Waals surface area (Å²) >= 11 is 1.55. The molecule has 1 N–H and O–H groups in total. The number of aromatic nitrogens is 2. The minimum Gasteiger partial charge on any atom is -0.374 e. The van der Waals surface area contributed by atoms with Gasteiger partial charge in [-0.05, 0) is 6.07 Å². The molecule has 2 heterocycles. The third kappa shape index (κ3) is 2.27. The van der Waals surface area contributed by atoms with E-state index in [9.17, 15) is 10.1 Å². The number of rotatable bonds is 4. The molecule has 0 aliphatic carbocycles. The first kappa shape index (κ1) is 11.7. The van der Waals surface area contributed by atoms with Crippen molar-refractivity contribution in [2.75, 3.05) is 5.32 Å². The van der Waals surface area contributed by atoms with Crippen molar-refractivity contribution in [2.45, 2.75) is 6.54 Å². The average Bonchev–Trinajstić information content (AvgIpc) is 2.97. The van der Waals surface area contributed by atoms with E-state index in [-0.39, 0.29) is 5.69 Å². The second-order valence-electron chi connectivity index (χ2n) is 3.95. The first-order chi connectivity index (χ1) is 9.24. The molecule has 0 unspecified atom stereocenters. The number of anilines is 1. The molecule has 3 aromatic rings. The van der Waals surface area contributed by atoms with Gasteiger partial charge in [0, 0.05) is 23.8 Å². The second kappa shape index (κ2) is 4.69. The van der Waals surface area contributed by atoms with Crippen LogP contribution >= 0.6 is 11.3 Å². The predicted molar refractivity (Wildman–Crippen MR) is 73.5 cm³/mol. The zero-order valence-electron chi connectivity index (χ0n) is 9.81. The maximum atomic E-state index is 10.9. The average molecular weight is 274 g/mol. The van der Waals surface area contributed by atoms with E-state index in [1.54, 1.807) is 29.5 Å². The third-order valence-electron chi connectivity index (χ3n) is 2.70. The van der Waals surface area contributed by atoms with Crippen molar-refractivity contribution in [1.82, 2.24) is 9.38 Å². The quantitative estimate of drug-likeness (QED) is 0.586. The van der Waals surface area contributed by atoms with Crippen molar-refractivity contribution in [2.24, 2.45) is 0 Å². The minimum atomic E-state index is -0.395. The van der Waals surface area contributed by atoms with Gasteiger partial charge in [0.1, 0.15) is 5.69 Å². The van der Waals surface area contributed by atoms with Crippen LogP contribution in [0.1, 0.15) is 5.69 Å². The number of para-hydroxylation sites is 2. The van der Waals surface area contributed by atoms with E-state index in [1.165, 1.54) is 6.07 Å². The summed E-state index contributed by atoms with van der Waals surface area (Å²) in [4.78, 5) is 15.8. The molecular weight excluding hydrogens is 264 g/mol. The van der Waals surface area contributed by atoms with Gasteiger partial charge in [0.15, 0.2) is 4.96 Å². The van der Waals surface area contributed by atoms with E-state index in [0.717, 1.165) is 10.7 Å². The summed E-state index contributed by atoms with van der Waals surface area (Å²) in [6.07, 6.45) is 3.84. The van der Waals surface area contributed by atoms with Crippen molar-refractivity contribution in [3.63, 3.8) is 0 Å². The van der Waals surface area contributed by atoms with Crippen LogP contribution in [0.5, 0.6) is 0 Å². The highest BCUT2D eigenvalue weighted by atomic mass is 32.1. The van der Waals surface area contributed by atoms with Crippen LogP contribution in [0.25, 0.3) is 4.96 Å². The van der Waals surface area contributed by atoms with E-state index in [4.69, 9.17) is 0 Å². The van der Waals surface area contributed by atoms with E-state index in [0.29, 0.717) is 12.2 Å². The molecule has 96 valence electrons. The molecular formula is C12H10N4O2S. The minimum absolute atomic E-state index is 0.0727. The highest BCUT2D eigenvalue weighted by molar-refractivity contribution is 7.15. The molecule has 19 heavy (non-hydrogen) atoms. The van der Waals surface area contributed by atoms with E-state index in [1.807, 2.05) is 22.2 Å². The topological polar surface area (TPSA) is 72.5 Å². The lowest BCUT2D eigenvalue weighted by Crippen LogP contribution is -2.02. The van der Waals surface area contributed by atoms with Gasteiger partial charge in [-0.1, -0.05) is 12.1 Å². The largest absolute Gasteiger partial charge is 0.374 e. The molecule has 0 fully saturated rings. The molecule has 3 rings (SSSR count). The molecule has 0 bridgehead atoms. The van der Waals surface area contributed by atoms with Gasteiger partial charge in [0.05, 0.1) is 17.2 Å². The summed E-state index contributed by atoms with van der Waals surface area (Å²) in [7, 11) is 0. The van der Waals surface area contributed by atoms with Gasteiger partial charge in [-0.3, -0.25) is 14.5 Å². The lowest BCUT2D eigenvalue weighted by Gasteiger charge is -2.04. The summed E-state index contributed by atoms with van der Waals surface area (Å²) in [6.45, 7) is 0.458. The summed E-state index contributed by atoms with van der Waals surface area (Å²) in [5.74, 6) is 0. The monoisotopic (exact) mass is 274 g/mol. The highest BCUT2D eigenvalue weighted by Crippen LogP contribution is 2.23. The van der Waals surface area contributed by atoms with E-state index >= 15 is 0 Å². The van der Waals surface area contributed by atoms with Crippen molar-refractivity contribution >= 4 is 27.7 Å². The van der Waals surface area contributed by atoms with Crippen molar-refractivity contribution < 1.29 is 4.92 Å². The Bertz CT molecular complexity index is 705. The zero-order valence-corrected chi connectivity index (χ0v) is 10.6. The lowest BCUT2D eigenvalue weighted by molar-refractivity contribution is -0.384. The Morgan fingerprint density at radius 2 is 2.26 bits per heavy atom. The van der Waals surface area contributed by atoms with Crippen LogP contribution in [-0.4, -0.2) is 14.3 Å². The SMILES string of the molecule is O=[N+]([O-])c1ccccc1NCc1cn2ccsc2n1. The number of fused-ring (bicyclic) bond motifs is 1. The van der Waals surface area contributed by atoms with Crippen molar-refractivity contribution in [3.8, 4) is 0 Å². The van der Waals surface area contributed by atoms with Crippen LogP contribution in [0, 0.1) is 10.1 Å². The first-order valence-corrected chi connectivity index (χ1v) is 6.50. The second-order valence-corrected chi connectivity index (χ2v) is 4.83. The lowest BCUT2D eigenvalue weighted by atomic mass is 10.2. The molecule has 6 nitrogen and oxygen atoms in total. The van der Waals surface area contributed by atoms with Gasteiger partial charge in [-0.2, -0.15) is 0 Å². The highest BCUT2D eigenvalue weighted by Gasteiger charge is 2.12. The van der Waals surface area contributed by atoms with Gasteiger partial charge in [-0.25, -0.2) is 4.98 Å². The fraction of sp³-hybridized carbons (Fsp3) is 0.0833. The van der Waals surface area contributed by atoms with Crippen LogP contribution in [-0.2, 0) is 6.54 Å². The fourth-order valence-corrected chi connectivity index (χ4v) is 2.55. The normalized spacial score (nSPS) is 10.7. The molecule has 0 saturated heterocycles. The van der Waals surface area contributed by atoms with Crippen LogP contribution in [0.3, 0.4) is 0 Å². The molecule has 7 heteroatoms. The predicted octanol–water partition coefficient (Wildman–Crippen LogP) is 2.92. The Labute approximate surface area is 112 Å². The standard InChI is InChI=1S/C12H10N4O2S/c17-16(18)11-4-2-1-3-10(11)13-7-9-8-15-5-6-19-12(15)14-9/h1-6,8,13H,7H2. The van der Waals surface area contributed by atoms with Crippen LogP contribution in [0.2, 0.25) is 0 Å². The summed E-state index contributed by atoms with van der Waals surface area (Å²) in [5, 5.41) is 15.9. The zero-order chi connectivity index (χ0) is 13.2. The van der Waals surface area contributed by atoms with Crippen LogP contribution < -0.4 is 5.32 Å². The van der Waals surface area contributed by atoms with Crippen molar-refractivity contribution in [1.29, 1.82) is 0 Å². The molecule has 0 saturated carbocycles. The number of thiazole rings is 1. The van der Waals surface area contributed by atoms with E-state index < -0.39 is 4.92 Å². The fourth-order valence-electron chi connectivity index (χ4n) is 1.83. The number of nitrogens with zero attached hydrogens (tertiary/aromatic N) is 3. The molecule has 0 aliphatic heterocycles. The Morgan fingerprint density at radius 1 is 1.42 bits per heavy atom. The molecule has 0 aliphatic rings. The van der Waals surface area contributed by atoms with Gasteiger partial charge < -0.3 is 5.32 Å². The maximum absolute atomic E-state index is 10.9. The Kier molecular flexibility index (Phi) is 2.88. The van der Waals surface area contributed by atoms with Gasteiger partial charge in [0.25, 0.3) is 5.69 Å². The number of hydrogen-bond donors (Lipinski definition) is 1.